The fraction of sp³-hybridized carbons (Fsp3) is 0.429. The van der Waals surface area contributed by atoms with Gasteiger partial charge in [-0.05, 0) is 18.4 Å². The van der Waals surface area contributed by atoms with Crippen LogP contribution in [-0.4, -0.2) is 42.1 Å². The summed E-state index contributed by atoms with van der Waals surface area (Å²) in [7, 11) is 1.62. The average molecular weight is 309 g/mol. The van der Waals surface area contributed by atoms with Crippen molar-refractivity contribution in [2.75, 3.05) is 20.3 Å². The van der Waals surface area contributed by atoms with Crippen molar-refractivity contribution >= 4 is 17.2 Å². The highest BCUT2D eigenvalue weighted by Crippen LogP contribution is 2.24. The van der Waals surface area contributed by atoms with Gasteiger partial charge in [-0.2, -0.15) is 0 Å². The lowest BCUT2D eigenvalue weighted by Crippen LogP contribution is -2.43. The number of methoxy groups -OCH3 is 1. The third kappa shape index (κ3) is 4.13. The zero-order chi connectivity index (χ0) is 15.2. The molecule has 0 aliphatic heterocycles. The smallest absolute Gasteiger partial charge is 0.236 e. The molecule has 0 aromatic carbocycles. The van der Waals surface area contributed by atoms with Crippen molar-refractivity contribution in [3.8, 4) is 10.8 Å². The summed E-state index contributed by atoms with van der Waals surface area (Å²) in [4.78, 5) is 18.7. The van der Waals surface area contributed by atoms with Crippen LogP contribution in [0.15, 0.2) is 28.2 Å². The lowest BCUT2D eigenvalue weighted by Gasteiger charge is -2.25. The Morgan fingerprint density at radius 1 is 1.62 bits per heavy atom. The monoisotopic (exact) mass is 309 g/mol. The summed E-state index contributed by atoms with van der Waals surface area (Å²) in [5.41, 5.74) is 6.15. The largest absolute Gasteiger partial charge is 0.444 e. The first-order chi connectivity index (χ1) is 10.1. The van der Waals surface area contributed by atoms with Crippen LogP contribution in [0.25, 0.3) is 10.8 Å². The number of ether oxygens (including phenoxy) is 1. The molecule has 7 heteroatoms. The van der Waals surface area contributed by atoms with Crippen LogP contribution in [0, 0.1) is 0 Å². The van der Waals surface area contributed by atoms with E-state index in [-0.39, 0.29) is 11.9 Å². The van der Waals surface area contributed by atoms with Gasteiger partial charge in [0.15, 0.2) is 0 Å². The second-order valence-corrected chi connectivity index (χ2v) is 5.61. The Hall–Kier alpha value is -1.70. The van der Waals surface area contributed by atoms with Crippen molar-refractivity contribution < 1.29 is 13.9 Å². The minimum absolute atomic E-state index is 0.368. The van der Waals surface area contributed by atoms with E-state index in [4.69, 9.17) is 14.9 Å². The minimum atomic E-state index is -0.387. The molecule has 6 nitrogen and oxygen atoms in total. The molecule has 1 unspecified atom stereocenters. The number of carbonyl (C=O) groups excluding carboxylic acids is 1. The average Bonchev–Trinajstić information content (AvgIpc) is 3.13. The van der Waals surface area contributed by atoms with Crippen LogP contribution in [0.2, 0.25) is 0 Å². The molecule has 1 amide bonds. The van der Waals surface area contributed by atoms with Crippen LogP contribution in [0.1, 0.15) is 12.6 Å². The molecule has 0 aliphatic rings. The quantitative estimate of drug-likeness (QED) is 0.803. The lowest BCUT2D eigenvalue weighted by atomic mass is 10.2. The van der Waals surface area contributed by atoms with Gasteiger partial charge in [0.25, 0.3) is 0 Å². The van der Waals surface area contributed by atoms with Gasteiger partial charge < -0.3 is 14.9 Å². The van der Waals surface area contributed by atoms with Crippen molar-refractivity contribution in [3.05, 3.63) is 29.5 Å². The third-order valence-electron chi connectivity index (χ3n) is 3.19. The summed E-state index contributed by atoms with van der Waals surface area (Å²) in [6.07, 6.45) is 1.61. The van der Waals surface area contributed by atoms with Crippen LogP contribution in [0.3, 0.4) is 0 Å². The molecule has 2 aromatic heterocycles. The van der Waals surface area contributed by atoms with E-state index in [9.17, 15) is 4.79 Å². The number of nitrogens with two attached hydrogens (primary N) is 1. The van der Waals surface area contributed by atoms with Crippen molar-refractivity contribution in [1.29, 1.82) is 0 Å². The summed E-state index contributed by atoms with van der Waals surface area (Å²) < 4.78 is 10.5. The van der Waals surface area contributed by atoms with Crippen LogP contribution in [0.4, 0.5) is 0 Å². The second kappa shape index (κ2) is 7.35. The van der Waals surface area contributed by atoms with E-state index >= 15 is 0 Å². The molecule has 0 aliphatic carbocycles. The number of nitrogens with zero attached hydrogens (tertiary/aromatic N) is 2. The first-order valence-electron chi connectivity index (χ1n) is 6.62. The number of thiophene rings is 1. The highest BCUT2D eigenvalue weighted by atomic mass is 32.1. The molecule has 2 heterocycles. The molecule has 2 rings (SSSR count). The molecule has 0 radical (unpaired) electrons. The second-order valence-electron chi connectivity index (χ2n) is 4.66. The Labute approximate surface area is 127 Å². The minimum Gasteiger partial charge on any atom is -0.444 e. The van der Waals surface area contributed by atoms with E-state index < -0.39 is 0 Å². The molecule has 0 bridgehead atoms. The van der Waals surface area contributed by atoms with Gasteiger partial charge in [0.05, 0.1) is 23.2 Å². The highest BCUT2D eigenvalue weighted by Gasteiger charge is 2.20. The zero-order valence-electron chi connectivity index (χ0n) is 12.1. The van der Waals surface area contributed by atoms with E-state index in [0.29, 0.717) is 25.6 Å². The third-order valence-corrected chi connectivity index (χ3v) is 4.05. The Balaban J connectivity index is 2.07. The summed E-state index contributed by atoms with van der Waals surface area (Å²) in [6, 6.07) is 3.51. The van der Waals surface area contributed by atoms with Gasteiger partial charge in [-0.25, -0.2) is 4.98 Å². The summed E-state index contributed by atoms with van der Waals surface area (Å²) in [6.45, 7) is 3.38. The molecular weight excluding hydrogens is 290 g/mol. The molecule has 2 aromatic rings. The van der Waals surface area contributed by atoms with E-state index in [2.05, 4.69) is 4.98 Å². The molecule has 114 valence electrons. The zero-order valence-corrected chi connectivity index (χ0v) is 12.9. The van der Waals surface area contributed by atoms with Crippen molar-refractivity contribution in [3.63, 3.8) is 0 Å². The SMILES string of the molecule is COCCN(Cc1coc(-c2cccs2)n1)C(C)C(N)=O. The molecule has 1 atom stereocenters. The maximum atomic E-state index is 11.4. The maximum absolute atomic E-state index is 11.4. The van der Waals surface area contributed by atoms with Gasteiger partial charge >= 0.3 is 0 Å². The fourth-order valence-corrected chi connectivity index (χ4v) is 2.55. The van der Waals surface area contributed by atoms with E-state index in [1.807, 2.05) is 22.4 Å². The number of hydrogen-bond donors (Lipinski definition) is 1. The number of amides is 1. The van der Waals surface area contributed by atoms with Crippen LogP contribution in [0.5, 0.6) is 0 Å². The standard InChI is InChI=1S/C14H19N3O3S/c1-10(13(15)18)17(5-6-19-2)8-11-9-20-14(16-11)12-4-3-7-21-12/h3-4,7,9-10H,5-6,8H2,1-2H3,(H2,15,18). The van der Waals surface area contributed by atoms with Gasteiger partial charge in [0.1, 0.15) is 6.26 Å². The van der Waals surface area contributed by atoms with Crippen LogP contribution in [-0.2, 0) is 16.1 Å². The predicted molar refractivity (Wildman–Crippen MR) is 80.8 cm³/mol. The molecule has 0 spiro atoms. The molecule has 2 N–H and O–H groups in total. The van der Waals surface area contributed by atoms with E-state index in [1.165, 1.54) is 0 Å². The van der Waals surface area contributed by atoms with Crippen LogP contribution < -0.4 is 5.73 Å². The normalized spacial score (nSPS) is 12.7. The first kappa shape index (κ1) is 15.7. The Kier molecular flexibility index (Phi) is 5.49. The van der Waals surface area contributed by atoms with Gasteiger partial charge in [0, 0.05) is 20.2 Å². The summed E-state index contributed by atoms with van der Waals surface area (Å²) >= 11 is 1.57. The van der Waals surface area contributed by atoms with Crippen molar-refractivity contribution in [2.45, 2.75) is 19.5 Å². The van der Waals surface area contributed by atoms with Gasteiger partial charge in [-0.1, -0.05) is 6.07 Å². The van der Waals surface area contributed by atoms with Crippen LogP contribution >= 0.6 is 11.3 Å². The van der Waals surface area contributed by atoms with E-state index in [0.717, 1.165) is 10.6 Å². The van der Waals surface area contributed by atoms with Crippen molar-refractivity contribution in [2.24, 2.45) is 5.73 Å². The number of rotatable bonds is 8. The number of carbonyl (C=O) groups is 1. The Morgan fingerprint density at radius 2 is 2.43 bits per heavy atom. The molecule has 0 fully saturated rings. The number of aromatic nitrogens is 1. The summed E-state index contributed by atoms with van der Waals surface area (Å²) in [5, 5.41) is 1.97. The number of hydrogen-bond acceptors (Lipinski definition) is 6. The van der Waals surface area contributed by atoms with E-state index in [1.54, 1.807) is 31.6 Å². The Morgan fingerprint density at radius 3 is 3.05 bits per heavy atom. The van der Waals surface area contributed by atoms with Crippen molar-refractivity contribution in [1.82, 2.24) is 9.88 Å². The molecule has 21 heavy (non-hydrogen) atoms. The Bertz CT molecular complexity index is 568. The van der Waals surface area contributed by atoms with Gasteiger partial charge in [-0.3, -0.25) is 9.69 Å². The number of oxazole rings is 1. The molecule has 0 saturated carbocycles. The van der Waals surface area contributed by atoms with Gasteiger partial charge in [-0.15, -0.1) is 11.3 Å². The van der Waals surface area contributed by atoms with Gasteiger partial charge in [0.2, 0.25) is 11.8 Å². The fourth-order valence-electron chi connectivity index (χ4n) is 1.90. The molecule has 0 saturated heterocycles. The predicted octanol–water partition coefficient (Wildman–Crippen LogP) is 1.73. The first-order valence-corrected chi connectivity index (χ1v) is 7.50. The summed E-state index contributed by atoms with van der Waals surface area (Å²) in [5.74, 6) is 0.228. The topological polar surface area (TPSA) is 81.6 Å². The highest BCUT2D eigenvalue weighted by molar-refractivity contribution is 7.13. The number of primary amides is 1. The lowest BCUT2D eigenvalue weighted by molar-refractivity contribution is -0.123. The maximum Gasteiger partial charge on any atom is 0.236 e. The molecular formula is C14H19N3O3S.